The van der Waals surface area contributed by atoms with Gasteiger partial charge in [0.05, 0.1) is 5.69 Å². The molecule has 0 spiro atoms. The van der Waals surface area contributed by atoms with Gasteiger partial charge in [-0.2, -0.15) is 0 Å². The molecule has 8 heteroatoms. The molecule has 1 amide bonds. The topological polar surface area (TPSA) is 81.2 Å². The SMILES string of the molecule is Cc1cc(NC(=O)C(SCc2coc(-c3ccc(Cl)cc3)n2)c2ccccc2)no1. The summed E-state index contributed by atoms with van der Waals surface area (Å²) < 4.78 is 10.6. The number of aromatic nitrogens is 2. The van der Waals surface area contributed by atoms with E-state index in [2.05, 4.69) is 15.5 Å². The number of aryl methyl sites for hydroxylation is 1. The third-order valence-electron chi connectivity index (χ3n) is 4.26. The summed E-state index contributed by atoms with van der Waals surface area (Å²) >= 11 is 7.39. The maximum Gasteiger partial charge on any atom is 0.243 e. The molecular weight excluding hydrogens is 422 g/mol. The smallest absolute Gasteiger partial charge is 0.243 e. The van der Waals surface area contributed by atoms with Crippen molar-refractivity contribution < 1.29 is 13.7 Å². The van der Waals surface area contributed by atoms with Gasteiger partial charge in [0.25, 0.3) is 0 Å². The first-order valence-electron chi connectivity index (χ1n) is 9.19. The number of hydrogen-bond acceptors (Lipinski definition) is 6. The second-order valence-electron chi connectivity index (χ2n) is 6.56. The van der Waals surface area contributed by atoms with E-state index in [0.717, 1.165) is 16.8 Å². The molecule has 0 fully saturated rings. The van der Waals surface area contributed by atoms with Crippen molar-refractivity contribution in [2.24, 2.45) is 0 Å². The maximum absolute atomic E-state index is 12.9. The third kappa shape index (κ3) is 4.93. The first-order chi connectivity index (χ1) is 14.6. The Labute approximate surface area is 182 Å². The molecule has 2 aromatic heterocycles. The molecule has 30 heavy (non-hydrogen) atoms. The van der Waals surface area contributed by atoms with Gasteiger partial charge < -0.3 is 14.3 Å². The predicted octanol–water partition coefficient (Wildman–Crippen LogP) is 5.90. The number of thioether (sulfide) groups is 1. The molecule has 6 nitrogen and oxygen atoms in total. The zero-order valence-corrected chi connectivity index (χ0v) is 17.6. The highest BCUT2D eigenvalue weighted by Gasteiger charge is 2.23. The maximum atomic E-state index is 12.9. The minimum Gasteiger partial charge on any atom is -0.444 e. The van der Waals surface area contributed by atoms with Gasteiger partial charge in [0.2, 0.25) is 11.8 Å². The molecule has 0 radical (unpaired) electrons. The van der Waals surface area contributed by atoms with E-state index in [-0.39, 0.29) is 5.91 Å². The van der Waals surface area contributed by atoms with Crippen LogP contribution in [-0.4, -0.2) is 16.0 Å². The largest absolute Gasteiger partial charge is 0.444 e. The molecule has 0 aliphatic carbocycles. The molecule has 0 saturated carbocycles. The second-order valence-corrected chi connectivity index (χ2v) is 8.09. The first-order valence-corrected chi connectivity index (χ1v) is 10.6. The molecule has 1 unspecified atom stereocenters. The minimum atomic E-state index is -0.445. The lowest BCUT2D eigenvalue weighted by molar-refractivity contribution is -0.115. The van der Waals surface area contributed by atoms with E-state index in [0.29, 0.717) is 28.2 Å². The van der Waals surface area contributed by atoms with E-state index in [1.165, 1.54) is 11.8 Å². The summed E-state index contributed by atoms with van der Waals surface area (Å²) in [5.41, 5.74) is 2.48. The van der Waals surface area contributed by atoms with Crippen LogP contribution in [0.2, 0.25) is 5.02 Å². The number of halogens is 1. The predicted molar refractivity (Wildman–Crippen MR) is 117 cm³/mol. The molecule has 4 aromatic rings. The Morgan fingerprint density at radius 2 is 1.93 bits per heavy atom. The lowest BCUT2D eigenvalue weighted by Gasteiger charge is -2.15. The van der Waals surface area contributed by atoms with Crippen LogP contribution in [0, 0.1) is 6.92 Å². The Morgan fingerprint density at radius 1 is 1.17 bits per heavy atom. The van der Waals surface area contributed by atoms with Gasteiger partial charge in [-0.1, -0.05) is 47.1 Å². The highest BCUT2D eigenvalue weighted by molar-refractivity contribution is 7.99. The number of nitrogens with zero attached hydrogens (tertiary/aromatic N) is 2. The van der Waals surface area contributed by atoms with E-state index in [9.17, 15) is 4.79 Å². The average Bonchev–Trinajstić information content (AvgIpc) is 3.38. The highest BCUT2D eigenvalue weighted by Crippen LogP contribution is 2.33. The van der Waals surface area contributed by atoms with Crippen molar-refractivity contribution in [3.8, 4) is 11.5 Å². The summed E-state index contributed by atoms with van der Waals surface area (Å²) in [5.74, 6) is 1.86. The average molecular weight is 440 g/mol. The zero-order valence-electron chi connectivity index (χ0n) is 16.0. The summed E-state index contributed by atoms with van der Waals surface area (Å²) in [6.45, 7) is 1.77. The lowest BCUT2D eigenvalue weighted by atomic mass is 10.1. The van der Waals surface area contributed by atoms with E-state index in [4.69, 9.17) is 20.5 Å². The van der Waals surface area contributed by atoms with Crippen molar-refractivity contribution in [1.29, 1.82) is 0 Å². The number of rotatable bonds is 7. The van der Waals surface area contributed by atoms with Gasteiger partial charge in [0.15, 0.2) is 5.82 Å². The van der Waals surface area contributed by atoms with Gasteiger partial charge >= 0.3 is 0 Å². The second kappa shape index (κ2) is 9.19. The minimum absolute atomic E-state index is 0.180. The van der Waals surface area contributed by atoms with E-state index >= 15 is 0 Å². The van der Waals surface area contributed by atoms with Crippen LogP contribution in [0.4, 0.5) is 5.82 Å². The molecule has 0 aliphatic heterocycles. The van der Waals surface area contributed by atoms with Crippen molar-refractivity contribution in [3.63, 3.8) is 0 Å². The van der Waals surface area contributed by atoms with Crippen molar-refractivity contribution >= 4 is 35.1 Å². The first kappa shape index (κ1) is 20.3. The Kier molecular flexibility index (Phi) is 6.21. The summed E-state index contributed by atoms with van der Waals surface area (Å²) in [6.07, 6.45) is 1.61. The van der Waals surface area contributed by atoms with Crippen molar-refractivity contribution in [1.82, 2.24) is 10.1 Å². The molecule has 2 aromatic carbocycles. The molecule has 1 atom stereocenters. The number of oxazole rings is 1. The quantitative estimate of drug-likeness (QED) is 0.385. The highest BCUT2D eigenvalue weighted by atomic mass is 35.5. The Bertz CT molecular complexity index is 1130. The number of carbonyl (C=O) groups is 1. The Hall–Kier alpha value is -3.03. The lowest BCUT2D eigenvalue weighted by Crippen LogP contribution is -2.19. The number of nitrogens with one attached hydrogen (secondary N) is 1. The van der Waals surface area contributed by atoms with Gasteiger partial charge in [-0.3, -0.25) is 4.79 Å². The van der Waals surface area contributed by atoms with E-state index < -0.39 is 5.25 Å². The number of hydrogen-bond donors (Lipinski definition) is 1. The molecule has 0 aliphatic rings. The molecule has 1 N–H and O–H groups in total. The Balaban J connectivity index is 1.48. The van der Waals surface area contributed by atoms with E-state index in [1.807, 2.05) is 42.5 Å². The van der Waals surface area contributed by atoms with Crippen LogP contribution in [0.5, 0.6) is 0 Å². The van der Waals surface area contributed by atoms with Gasteiger partial charge in [-0.05, 0) is 36.8 Å². The van der Waals surface area contributed by atoms with Crippen LogP contribution >= 0.6 is 23.4 Å². The normalized spacial score (nSPS) is 11.9. The molecule has 0 bridgehead atoms. The zero-order chi connectivity index (χ0) is 20.9. The fraction of sp³-hybridized carbons (Fsp3) is 0.136. The van der Waals surface area contributed by atoms with Crippen LogP contribution in [-0.2, 0) is 10.5 Å². The third-order valence-corrected chi connectivity index (χ3v) is 5.79. The molecule has 152 valence electrons. The fourth-order valence-electron chi connectivity index (χ4n) is 2.84. The summed E-state index contributed by atoms with van der Waals surface area (Å²) in [7, 11) is 0. The van der Waals surface area contributed by atoms with Gasteiger partial charge in [0.1, 0.15) is 17.3 Å². The molecule has 0 saturated heterocycles. The van der Waals surface area contributed by atoms with Crippen molar-refractivity contribution in [2.45, 2.75) is 17.9 Å². The van der Waals surface area contributed by atoms with Crippen LogP contribution in [0.1, 0.15) is 22.3 Å². The van der Waals surface area contributed by atoms with Crippen molar-refractivity contribution in [3.05, 3.63) is 89.0 Å². The van der Waals surface area contributed by atoms with Gasteiger partial charge in [-0.15, -0.1) is 11.8 Å². The summed E-state index contributed by atoms with van der Waals surface area (Å²) in [4.78, 5) is 17.5. The van der Waals surface area contributed by atoms with Gasteiger partial charge in [0, 0.05) is 22.4 Å². The fourth-order valence-corrected chi connectivity index (χ4v) is 3.99. The number of benzene rings is 2. The molecule has 4 rings (SSSR count). The molecule has 2 heterocycles. The van der Waals surface area contributed by atoms with Crippen LogP contribution in [0.25, 0.3) is 11.5 Å². The Morgan fingerprint density at radius 3 is 2.63 bits per heavy atom. The van der Waals surface area contributed by atoms with Crippen LogP contribution in [0.15, 0.2) is 75.9 Å². The van der Waals surface area contributed by atoms with Gasteiger partial charge in [-0.25, -0.2) is 4.98 Å². The van der Waals surface area contributed by atoms with Crippen LogP contribution in [0.3, 0.4) is 0 Å². The monoisotopic (exact) mass is 439 g/mol. The molecular formula is C22H18ClN3O3S. The summed E-state index contributed by atoms with van der Waals surface area (Å²) in [6, 6.07) is 18.5. The summed E-state index contributed by atoms with van der Waals surface area (Å²) in [5, 5.41) is 6.86. The number of amides is 1. The van der Waals surface area contributed by atoms with Crippen molar-refractivity contribution in [2.75, 3.05) is 5.32 Å². The number of anilines is 1. The number of carbonyl (C=O) groups excluding carboxylic acids is 1. The standard InChI is InChI=1S/C22H18ClN3O3S/c1-14-11-19(26-29-14)25-21(27)20(15-5-3-2-4-6-15)30-13-18-12-28-22(24-18)16-7-9-17(23)10-8-16/h2-12,20H,13H2,1H3,(H,25,26,27). The van der Waals surface area contributed by atoms with Crippen LogP contribution < -0.4 is 5.32 Å². The van der Waals surface area contributed by atoms with E-state index in [1.54, 1.807) is 31.4 Å².